The molecule has 4 aliphatic rings. The Labute approximate surface area is 181 Å². The topological polar surface area (TPSA) is 63.2 Å². The van der Waals surface area contributed by atoms with Gasteiger partial charge in [0.15, 0.2) is 12.6 Å². The van der Waals surface area contributed by atoms with E-state index in [1.807, 2.05) is 0 Å². The van der Waals surface area contributed by atoms with Crippen LogP contribution in [0.25, 0.3) is 0 Å². The molecular weight excluding hydrogens is 384 g/mol. The normalized spacial score (nSPS) is 50.0. The van der Waals surface area contributed by atoms with Crippen molar-refractivity contribution in [1.82, 2.24) is 0 Å². The third-order valence-electron chi connectivity index (χ3n) is 9.38. The maximum atomic E-state index is 11.8. The Hall–Kier alpha value is -0.690. The third kappa shape index (κ3) is 3.01. The van der Waals surface area contributed by atoms with Crippen molar-refractivity contribution < 1.29 is 28.5 Å². The number of methoxy groups -OCH3 is 2. The molecule has 0 aromatic heterocycles. The molecule has 8 atom stereocenters. The molecule has 0 N–H and O–H groups in total. The molecule has 6 heteroatoms. The van der Waals surface area contributed by atoms with Crippen molar-refractivity contribution in [3.63, 3.8) is 0 Å². The van der Waals surface area contributed by atoms with Crippen LogP contribution < -0.4 is 0 Å². The molecule has 2 spiro atoms. The minimum atomic E-state index is -0.453. The van der Waals surface area contributed by atoms with Crippen LogP contribution in [0.15, 0.2) is 0 Å². The third-order valence-corrected chi connectivity index (χ3v) is 9.38. The molecule has 0 bridgehead atoms. The van der Waals surface area contributed by atoms with Gasteiger partial charge in [0, 0.05) is 38.4 Å². The van der Waals surface area contributed by atoms with E-state index in [2.05, 4.69) is 27.7 Å². The Morgan fingerprint density at radius 2 is 1.73 bits per heavy atom. The number of esters is 1. The molecule has 2 saturated heterocycles. The van der Waals surface area contributed by atoms with Crippen LogP contribution in [0.4, 0.5) is 0 Å². The molecule has 0 aromatic carbocycles. The van der Waals surface area contributed by atoms with Gasteiger partial charge in [0.25, 0.3) is 0 Å². The molecular formula is C24H40O6. The highest BCUT2D eigenvalue weighted by atomic mass is 16.8. The van der Waals surface area contributed by atoms with Crippen LogP contribution in [0.5, 0.6) is 0 Å². The van der Waals surface area contributed by atoms with Crippen molar-refractivity contribution in [2.24, 2.45) is 22.7 Å². The van der Waals surface area contributed by atoms with Crippen molar-refractivity contribution in [3.8, 4) is 0 Å². The van der Waals surface area contributed by atoms with Gasteiger partial charge in [0.2, 0.25) is 0 Å². The smallest absolute Gasteiger partial charge is 0.302 e. The highest BCUT2D eigenvalue weighted by molar-refractivity contribution is 5.66. The number of ether oxygens (including phenoxy) is 5. The molecule has 6 nitrogen and oxygen atoms in total. The lowest BCUT2D eigenvalue weighted by Crippen LogP contribution is -2.65. The molecule has 2 aliphatic heterocycles. The molecule has 30 heavy (non-hydrogen) atoms. The minimum absolute atomic E-state index is 0.0117. The van der Waals surface area contributed by atoms with Crippen molar-refractivity contribution in [2.75, 3.05) is 14.2 Å². The van der Waals surface area contributed by atoms with Gasteiger partial charge >= 0.3 is 5.97 Å². The summed E-state index contributed by atoms with van der Waals surface area (Å²) in [6, 6.07) is 0. The van der Waals surface area contributed by atoms with Crippen LogP contribution in [0.1, 0.15) is 79.6 Å². The number of rotatable bonds is 3. The van der Waals surface area contributed by atoms with Crippen molar-refractivity contribution in [1.29, 1.82) is 0 Å². The standard InChI is InChI=1S/C24H40O6/c1-15-8-9-17-21(3,4)18(28-16(2)25)10-11-22(17,5)24(15)13-12-23(30-24)14-19(26-6)29-20(23)27-7/h15,17-20H,8-14H2,1-7H3/t15-,17+,18+,19+,20-,22+,23+,24-/m1/s1. The van der Waals surface area contributed by atoms with Gasteiger partial charge in [-0.25, -0.2) is 0 Å². The lowest BCUT2D eigenvalue weighted by molar-refractivity contribution is -0.289. The summed E-state index contributed by atoms with van der Waals surface area (Å²) < 4.78 is 30.3. The molecule has 0 amide bonds. The van der Waals surface area contributed by atoms with Crippen LogP contribution in [0.3, 0.4) is 0 Å². The number of carbonyl (C=O) groups excluding carboxylic acids is 1. The van der Waals surface area contributed by atoms with E-state index in [1.165, 1.54) is 6.92 Å². The summed E-state index contributed by atoms with van der Waals surface area (Å²) >= 11 is 0. The molecule has 0 radical (unpaired) electrons. The summed E-state index contributed by atoms with van der Waals surface area (Å²) in [4.78, 5) is 11.8. The number of fused-ring (bicyclic) bond motifs is 2. The highest BCUT2D eigenvalue weighted by Crippen LogP contribution is 2.69. The summed E-state index contributed by atoms with van der Waals surface area (Å²) in [5.41, 5.74) is -0.757. The van der Waals surface area contributed by atoms with Gasteiger partial charge in [0.1, 0.15) is 11.7 Å². The Bertz CT molecular complexity index is 679. The minimum Gasteiger partial charge on any atom is -0.462 e. The fourth-order valence-corrected chi connectivity index (χ4v) is 7.86. The maximum Gasteiger partial charge on any atom is 0.302 e. The van der Waals surface area contributed by atoms with Crippen molar-refractivity contribution in [2.45, 2.75) is 109 Å². The molecule has 2 aliphatic carbocycles. The zero-order valence-electron chi connectivity index (χ0n) is 19.8. The number of carbonyl (C=O) groups is 1. The second-order valence-electron chi connectivity index (χ2n) is 11.0. The number of hydrogen-bond acceptors (Lipinski definition) is 6. The fraction of sp³-hybridized carbons (Fsp3) is 0.958. The van der Waals surface area contributed by atoms with E-state index in [9.17, 15) is 4.79 Å². The quantitative estimate of drug-likeness (QED) is 0.624. The SMILES string of the molecule is CO[C@@H]1C[C@@]2(CC[C@@]3(O2)[C@H](C)CC[C@H]2C(C)(C)[C@@H](OC(C)=O)CC[C@@]23C)[C@H](OC)O1. The second-order valence-corrected chi connectivity index (χ2v) is 11.0. The zero-order chi connectivity index (χ0) is 21.9. The van der Waals surface area contributed by atoms with Crippen LogP contribution >= 0.6 is 0 Å². The Kier molecular flexibility index (Phi) is 5.57. The summed E-state index contributed by atoms with van der Waals surface area (Å²) in [7, 11) is 3.38. The molecule has 0 unspecified atom stereocenters. The first kappa shape index (κ1) is 22.5. The van der Waals surface area contributed by atoms with Crippen LogP contribution in [0, 0.1) is 22.7 Å². The van der Waals surface area contributed by atoms with Crippen molar-refractivity contribution >= 4 is 5.97 Å². The molecule has 4 rings (SSSR count). The van der Waals surface area contributed by atoms with Crippen molar-refractivity contribution in [3.05, 3.63) is 0 Å². The van der Waals surface area contributed by atoms with Crippen LogP contribution in [0.2, 0.25) is 0 Å². The first-order chi connectivity index (χ1) is 14.0. The van der Waals surface area contributed by atoms with E-state index in [4.69, 9.17) is 23.7 Å². The molecule has 0 aromatic rings. The predicted octanol–water partition coefficient (Wildman–Crippen LogP) is 4.44. The van der Waals surface area contributed by atoms with E-state index >= 15 is 0 Å². The van der Waals surface area contributed by atoms with Crippen LogP contribution in [-0.2, 0) is 28.5 Å². The van der Waals surface area contributed by atoms with E-state index in [0.717, 1.165) is 38.5 Å². The lowest BCUT2D eigenvalue weighted by Gasteiger charge is -2.65. The predicted molar refractivity (Wildman–Crippen MR) is 112 cm³/mol. The van der Waals surface area contributed by atoms with Crippen LogP contribution in [-0.4, -0.2) is 50.1 Å². The average molecular weight is 425 g/mol. The average Bonchev–Trinajstić information content (AvgIpc) is 3.24. The Morgan fingerprint density at radius 1 is 1.00 bits per heavy atom. The van der Waals surface area contributed by atoms with E-state index in [-0.39, 0.29) is 34.8 Å². The summed E-state index contributed by atoms with van der Waals surface area (Å²) in [5.74, 6) is 0.706. The summed E-state index contributed by atoms with van der Waals surface area (Å²) in [6.45, 7) is 10.9. The Balaban J connectivity index is 1.68. The van der Waals surface area contributed by atoms with E-state index < -0.39 is 11.9 Å². The largest absolute Gasteiger partial charge is 0.462 e. The lowest BCUT2D eigenvalue weighted by atomic mass is 9.44. The Morgan fingerprint density at radius 3 is 2.37 bits per heavy atom. The van der Waals surface area contributed by atoms with E-state index in [1.54, 1.807) is 14.2 Å². The fourth-order valence-electron chi connectivity index (χ4n) is 7.86. The molecule has 4 fully saturated rings. The molecule has 2 heterocycles. The van der Waals surface area contributed by atoms with Gasteiger partial charge < -0.3 is 23.7 Å². The highest BCUT2D eigenvalue weighted by Gasteiger charge is 2.71. The van der Waals surface area contributed by atoms with Gasteiger partial charge in [-0.1, -0.05) is 27.7 Å². The van der Waals surface area contributed by atoms with Gasteiger partial charge in [0.05, 0.1) is 5.60 Å². The maximum absolute atomic E-state index is 11.8. The molecule has 172 valence electrons. The van der Waals surface area contributed by atoms with Gasteiger partial charge in [-0.2, -0.15) is 0 Å². The first-order valence-electron chi connectivity index (χ1n) is 11.6. The van der Waals surface area contributed by atoms with Gasteiger partial charge in [-0.05, 0) is 50.4 Å². The number of hydrogen-bond donors (Lipinski definition) is 0. The van der Waals surface area contributed by atoms with Gasteiger partial charge in [-0.3, -0.25) is 4.79 Å². The zero-order valence-corrected chi connectivity index (χ0v) is 19.8. The molecule has 2 saturated carbocycles. The summed E-state index contributed by atoms with van der Waals surface area (Å²) in [6.07, 6.45) is 6.07. The first-order valence-corrected chi connectivity index (χ1v) is 11.6. The van der Waals surface area contributed by atoms with E-state index in [0.29, 0.717) is 18.3 Å². The van der Waals surface area contributed by atoms with Gasteiger partial charge in [-0.15, -0.1) is 0 Å². The second kappa shape index (κ2) is 7.43. The monoisotopic (exact) mass is 424 g/mol. The summed E-state index contributed by atoms with van der Waals surface area (Å²) in [5, 5.41) is 0.